The summed E-state index contributed by atoms with van der Waals surface area (Å²) in [6, 6.07) is -0.265. The largest absolute Gasteiger partial charge is 0.383 e. The number of aryl methyl sites for hydroxylation is 2. The first-order valence-corrected chi connectivity index (χ1v) is 5.94. The van der Waals surface area contributed by atoms with Crippen LogP contribution in [-0.4, -0.2) is 34.5 Å². The normalized spacial score (nSPS) is 12.7. The highest BCUT2D eigenvalue weighted by Crippen LogP contribution is 2.25. The Morgan fingerprint density at radius 3 is 2.78 bits per heavy atom. The van der Waals surface area contributed by atoms with Gasteiger partial charge in [0.1, 0.15) is 11.4 Å². The van der Waals surface area contributed by atoms with Gasteiger partial charge in [-0.1, -0.05) is 13.3 Å². The van der Waals surface area contributed by atoms with E-state index in [1.54, 1.807) is 18.8 Å². The van der Waals surface area contributed by atoms with Gasteiger partial charge in [-0.2, -0.15) is 5.10 Å². The van der Waals surface area contributed by atoms with E-state index in [1.165, 1.54) is 0 Å². The van der Waals surface area contributed by atoms with Gasteiger partial charge in [0, 0.05) is 26.6 Å². The van der Waals surface area contributed by atoms with Crippen LogP contribution < -0.4 is 5.73 Å². The molecule has 1 heterocycles. The summed E-state index contributed by atoms with van der Waals surface area (Å²) in [4.78, 5) is 10.8. The van der Waals surface area contributed by atoms with Gasteiger partial charge in [0.2, 0.25) is 0 Å². The molecule has 0 spiro atoms. The Morgan fingerprint density at radius 1 is 1.61 bits per heavy atom. The van der Waals surface area contributed by atoms with Crippen LogP contribution in [0.1, 0.15) is 24.7 Å². The summed E-state index contributed by atoms with van der Waals surface area (Å²) in [7, 11) is 3.26. The smallest absolute Gasteiger partial charge is 0.313 e. The van der Waals surface area contributed by atoms with Gasteiger partial charge in [0.05, 0.1) is 11.5 Å². The summed E-state index contributed by atoms with van der Waals surface area (Å²) in [6.45, 7) is 2.33. The van der Waals surface area contributed by atoms with Crippen molar-refractivity contribution in [1.82, 2.24) is 9.78 Å². The molecule has 0 aliphatic rings. The molecule has 1 atom stereocenters. The van der Waals surface area contributed by atoms with Crippen LogP contribution in [0.5, 0.6) is 0 Å². The number of hydrogen-bond acceptors (Lipinski definition) is 5. The molecule has 0 radical (unpaired) electrons. The van der Waals surface area contributed by atoms with E-state index in [1.807, 2.05) is 6.92 Å². The van der Waals surface area contributed by atoms with Crippen molar-refractivity contribution in [2.45, 2.75) is 32.2 Å². The lowest BCUT2D eigenvalue weighted by Gasteiger charge is -2.09. The van der Waals surface area contributed by atoms with Crippen LogP contribution in [0.15, 0.2) is 0 Å². The Labute approximate surface area is 106 Å². The molecule has 0 aromatic carbocycles. The van der Waals surface area contributed by atoms with Crippen molar-refractivity contribution in [3.8, 4) is 0 Å². The maximum atomic E-state index is 11.2. The molecule has 0 saturated carbocycles. The minimum absolute atomic E-state index is 0.103. The lowest BCUT2D eigenvalue weighted by molar-refractivity contribution is -0.386. The second-order valence-corrected chi connectivity index (χ2v) is 4.29. The van der Waals surface area contributed by atoms with Gasteiger partial charge < -0.3 is 10.5 Å². The molecule has 1 rings (SSSR count). The lowest BCUT2D eigenvalue weighted by atomic mass is 10.1. The average Bonchev–Trinajstić information content (AvgIpc) is 2.56. The summed E-state index contributed by atoms with van der Waals surface area (Å²) in [5, 5.41) is 15.4. The number of hydrogen-bond donors (Lipinski definition) is 1. The molecule has 0 aliphatic carbocycles. The fourth-order valence-electron chi connectivity index (χ4n) is 1.97. The molecular formula is C11H20N4O3. The van der Waals surface area contributed by atoms with Crippen molar-refractivity contribution >= 4 is 5.69 Å². The highest BCUT2D eigenvalue weighted by molar-refractivity contribution is 5.41. The van der Waals surface area contributed by atoms with Gasteiger partial charge in [-0.05, 0) is 6.42 Å². The highest BCUT2D eigenvalue weighted by Gasteiger charge is 2.26. The molecule has 102 valence electrons. The molecule has 7 nitrogen and oxygen atoms in total. The number of nitrogens with two attached hydrogens (primary N) is 1. The van der Waals surface area contributed by atoms with E-state index < -0.39 is 0 Å². The first kappa shape index (κ1) is 14.6. The third-order valence-corrected chi connectivity index (χ3v) is 2.71. The van der Waals surface area contributed by atoms with E-state index in [9.17, 15) is 10.1 Å². The second kappa shape index (κ2) is 6.46. The van der Waals surface area contributed by atoms with E-state index in [-0.39, 0.29) is 16.7 Å². The van der Waals surface area contributed by atoms with E-state index in [4.69, 9.17) is 10.5 Å². The number of ether oxygens (including phenoxy) is 1. The van der Waals surface area contributed by atoms with Crippen molar-refractivity contribution in [2.24, 2.45) is 12.8 Å². The van der Waals surface area contributed by atoms with Crippen LogP contribution in [0.2, 0.25) is 0 Å². The van der Waals surface area contributed by atoms with Crippen LogP contribution in [0.3, 0.4) is 0 Å². The monoisotopic (exact) mass is 256 g/mol. The van der Waals surface area contributed by atoms with Crippen LogP contribution in [0.4, 0.5) is 5.69 Å². The molecule has 0 saturated heterocycles. The molecule has 7 heteroatoms. The minimum Gasteiger partial charge on any atom is -0.383 e. The molecule has 0 fully saturated rings. The molecule has 1 aromatic heterocycles. The molecule has 0 aliphatic heterocycles. The fraction of sp³-hybridized carbons (Fsp3) is 0.727. The Bertz CT molecular complexity index is 417. The van der Waals surface area contributed by atoms with E-state index in [2.05, 4.69) is 5.10 Å². The molecule has 1 unspecified atom stereocenters. The predicted octanol–water partition coefficient (Wildman–Crippen LogP) is 0.797. The van der Waals surface area contributed by atoms with Crippen LogP contribution in [0.25, 0.3) is 0 Å². The van der Waals surface area contributed by atoms with Gasteiger partial charge in [-0.3, -0.25) is 14.8 Å². The number of nitrogens with zero attached hydrogens (tertiary/aromatic N) is 3. The number of methoxy groups -OCH3 is 1. The number of aromatic nitrogens is 2. The van der Waals surface area contributed by atoms with Crippen LogP contribution >= 0.6 is 0 Å². The Morgan fingerprint density at radius 2 is 2.28 bits per heavy atom. The number of rotatable bonds is 7. The van der Waals surface area contributed by atoms with E-state index in [0.29, 0.717) is 30.8 Å². The Kier molecular flexibility index (Phi) is 5.24. The molecule has 0 bridgehead atoms. The predicted molar refractivity (Wildman–Crippen MR) is 67.4 cm³/mol. The summed E-state index contributed by atoms with van der Waals surface area (Å²) in [6.07, 6.45) is 1.81. The Balaban J connectivity index is 3.05. The van der Waals surface area contributed by atoms with Gasteiger partial charge in [0.15, 0.2) is 0 Å². The molecular weight excluding hydrogens is 236 g/mol. The summed E-state index contributed by atoms with van der Waals surface area (Å²) in [5.41, 5.74) is 7.05. The maximum Gasteiger partial charge on any atom is 0.313 e. The number of nitro groups is 1. The zero-order valence-electron chi connectivity index (χ0n) is 11.0. The van der Waals surface area contributed by atoms with Gasteiger partial charge in [0.25, 0.3) is 0 Å². The van der Waals surface area contributed by atoms with Crippen molar-refractivity contribution in [3.63, 3.8) is 0 Å². The van der Waals surface area contributed by atoms with Crippen LogP contribution in [-0.2, 0) is 24.6 Å². The van der Waals surface area contributed by atoms with Crippen molar-refractivity contribution < 1.29 is 9.66 Å². The van der Waals surface area contributed by atoms with Gasteiger partial charge in [-0.25, -0.2) is 0 Å². The fourth-order valence-corrected chi connectivity index (χ4v) is 1.97. The summed E-state index contributed by atoms with van der Waals surface area (Å²) < 4.78 is 6.50. The average molecular weight is 256 g/mol. The first-order chi connectivity index (χ1) is 8.51. The quantitative estimate of drug-likeness (QED) is 0.575. The molecule has 0 amide bonds. The SMILES string of the molecule is CCCc1nn(C)c(CC(N)COC)c1[N+](=O)[O-]. The third-order valence-electron chi connectivity index (χ3n) is 2.71. The first-order valence-electron chi connectivity index (χ1n) is 5.94. The summed E-state index contributed by atoms with van der Waals surface area (Å²) in [5.74, 6) is 0. The highest BCUT2D eigenvalue weighted by atomic mass is 16.6. The summed E-state index contributed by atoms with van der Waals surface area (Å²) >= 11 is 0. The van der Waals surface area contributed by atoms with Crippen molar-refractivity contribution in [3.05, 3.63) is 21.5 Å². The second-order valence-electron chi connectivity index (χ2n) is 4.29. The van der Waals surface area contributed by atoms with Crippen molar-refractivity contribution in [2.75, 3.05) is 13.7 Å². The zero-order chi connectivity index (χ0) is 13.7. The Hall–Kier alpha value is -1.47. The topological polar surface area (TPSA) is 96.2 Å². The molecule has 2 N–H and O–H groups in total. The minimum atomic E-state index is -0.368. The zero-order valence-corrected chi connectivity index (χ0v) is 11.0. The van der Waals surface area contributed by atoms with Gasteiger partial charge in [-0.15, -0.1) is 0 Å². The van der Waals surface area contributed by atoms with E-state index in [0.717, 1.165) is 6.42 Å². The lowest BCUT2D eigenvalue weighted by Crippen LogP contribution is -2.29. The molecule has 1 aromatic rings. The maximum absolute atomic E-state index is 11.2. The molecule has 18 heavy (non-hydrogen) atoms. The third kappa shape index (κ3) is 3.27. The standard InChI is InChI=1S/C11H20N4O3/c1-4-5-9-11(15(16)17)10(14(2)13-9)6-8(12)7-18-3/h8H,4-7,12H2,1-3H3. The van der Waals surface area contributed by atoms with Gasteiger partial charge >= 0.3 is 5.69 Å². The van der Waals surface area contributed by atoms with Crippen molar-refractivity contribution in [1.29, 1.82) is 0 Å². The van der Waals surface area contributed by atoms with E-state index >= 15 is 0 Å². The van der Waals surface area contributed by atoms with Crippen LogP contribution in [0, 0.1) is 10.1 Å².